The number of esters is 1. The summed E-state index contributed by atoms with van der Waals surface area (Å²) in [4.78, 5) is 11.6. The van der Waals surface area contributed by atoms with Crippen molar-refractivity contribution in [1.82, 2.24) is 4.31 Å². The van der Waals surface area contributed by atoms with Gasteiger partial charge in [0.25, 0.3) is 0 Å². The Hall–Kier alpha value is -1.66. The second-order valence-corrected chi connectivity index (χ2v) is 6.08. The molecule has 110 valence electrons. The predicted octanol–water partition coefficient (Wildman–Crippen LogP) is 1.87. The number of benzene rings is 1. The van der Waals surface area contributed by atoms with Crippen LogP contribution in [0.25, 0.3) is 6.08 Å². The van der Waals surface area contributed by atoms with Crippen LogP contribution in [0.5, 0.6) is 0 Å². The number of nitrogens with zero attached hydrogens (tertiary/aromatic N) is 1. The van der Waals surface area contributed by atoms with Crippen LogP contribution in [-0.4, -0.2) is 38.4 Å². The summed E-state index contributed by atoms with van der Waals surface area (Å²) in [6.45, 7) is 3.39. The standard InChI is InChI=1S/C14H19NO4S/c1-4-19-14(16)12(2)15(3)20(17,18)11-10-13-8-6-5-7-9-13/h5-12H,4H2,1-3H3/b11-10+. The molecule has 0 fully saturated rings. The molecular weight excluding hydrogens is 278 g/mol. The Morgan fingerprint density at radius 1 is 1.35 bits per heavy atom. The molecule has 20 heavy (non-hydrogen) atoms. The smallest absolute Gasteiger partial charge is 0.324 e. The van der Waals surface area contributed by atoms with Crippen LogP contribution in [0.2, 0.25) is 0 Å². The zero-order valence-electron chi connectivity index (χ0n) is 11.8. The molecule has 1 rings (SSSR count). The molecule has 1 aromatic carbocycles. The average molecular weight is 297 g/mol. The summed E-state index contributed by atoms with van der Waals surface area (Å²) < 4.78 is 30.0. The topological polar surface area (TPSA) is 63.7 Å². The third-order valence-corrected chi connectivity index (χ3v) is 4.41. The molecule has 0 saturated carbocycles. The van der Waals surface area contributed by atoms with Crippen molar-refractivity contribution in [3.63, 3.8) is 0 Å². The highest BCUT2D eigenvalue weighted by Crippen LogP contribution is 2.10. The maximum atomic E-state index is 12.1. The van der Waals surface area contributed by atoms with Gasteiger partial charge in [-0.3, -0.25) is 4.79 Å². The quantitative estimate of drug-likeness (QED) is 0.752. The zero-order chi connectivity index (χ0) is 15.2. The summed E-state index contributed by atoms with van der Waals surface area (Å²) in [6, 6.07) is 8.21. The fourth-order valence-electron chi connectivity index (χ4n) is 1.46. The highest BCUT2D eigenvalue weighted by Gasteiger charge is 2.27. The largest absolute Gasteiger partial charge is 0.465 e. The number of carbonyl (C=O) groups excluding carboxylic acids is 1. The van der Waals surface area contributed by atoms with E-state index >= 15 is 0 Å². The lowest BCUT2D eigenvalue weighted by Gasteiger charge is -2.20. The van der Waals surface area contributed by atoms with E-state index in [1.54, 1.807) is 19.1 Å². The minimum atomic E-state index is -3.67. The van der Waals surface area contributed by atoms with Crippen LogP contribution in [-0.2, 0) is 19.6 Å². The fourth-order valence-corrected chi connectivity index (χ4v) is 2.50. The van der Waals surface area contributed by atoms with Gasteiger partial charge in [-0.1, -0.05) is 30.3 Å². The van der Waals surface area contributed by atoms with Gasteiger partial charge in [0.15, 0.2) is 0 Å². The van der Waals surface area contributed by atoms with Crippen LogP contribution in [0.15, 0.2) is 35.7 Å². The summed E-state index contributed by atoms with van der Waals surface area (Å²) >= 11 is 0. The van der Waals surface area contributed by atoms with Crippen molar-refractivity contribution in [2.75, 3.05) is 13.7 Å². The van der Waals surface area contributed by atoms with Crippen molar-refractivity contribution in [1.29, 1.82) is 0 Å². The van der Waals surface area contributed by atoms with Crippen LogP contribution in [0.3, 0.4) is 0 Å². The van der Waals surface area contributed by atoms with Gasteiger partial charge in [-0.05, 0) is 25.5 Å². The van der Waals surface area contributed by atoms with Crippen molar-refractivity contribution < 1.29 is 17.9 Å². The first kappa shape index (κ1) is 16.4. The van der Waals surface area contributed by atoms with Gasteiger partial charge in [-0.2, -0.15) is 4.31 Å². The van der Waals surface area contributed by atoms with Crippen LogP contribution in [0.1, 0.15) is 19.4 Å². The van der Waals surface area contributed by atoms with E-state index in [4.69, 9.17) is 4.74 Å². The lowest BCUT2D eigenvalue weighted by Crippen LogP contribution is -2.40. The fraction of sp³-hybridized carbons (Fsp3) is 0.357. The molecule has 0 bridgehead atoms. The van der Waals surface area contributed by atoms with Gasteiger partial charge in [0.2, 0.25) is 10.0 Å². The molecule has 1 atom stereocenters. The van der Waals surface area contributed by atoms with Gasteiger partial charge in [0, 0.05) is 12.5 Å². The number of likely N-dealkylation sites (N-methyl/N-ethyl adjacent to an activating group) is 1. The molecule has 5 nitrogen and oxygen atoms in total. The van der Waals surface area contributed by atoms with Gasteiger partial charge in [-0.15, -0.1) is 0 Å². The Morgan fingerprint density at radius 3 is 2.50 bits per heavy atom. The highest BCUT2D eigenvalue weighted by molar-refractivity contribution is 7.92. The summed E-state index contributed by atoms with van der Waals surface area (Å²) in [6.07, 6.45) is 1.49. The van der Waals surface area contributed by atoms with Gasteiger partial charge >= 0.3 is 5.97 Å². The van der Waals surface area contributed by atoms with E-state index in [0.717, 1.165) is 15.3 Å². The molecule has 0 saturated heterocycles. The monoisotopic (exact) mass is 297 g/mol. The number of rotatable bonds is 6. The number of carbonyl (C=O) groups is 1. The average Bonchev–Trinajstić information content (AvgIpc) is 2.45. The van der Waals surface area contributed by atoms with E-state index in [2.05, 4.69) is 0 Å². The molecule has 6 heteroatoms. The van der Waals surface area contributed by atoms with E-state index in [-0.39, 0.29) is 6.61 Å². The maximum Gasteiger partial charge on any atom is 0.324 e. The molecule has 1 unspecified atom stereocenters. The third kappa shape index (κ3) is 4.47. The van der Waals surface area contributed by atoms with Crippen molar-refractivity contribution >= 4 is 22.1 Å². The van der Waals surface area contributed by atoms with Gasteiger partial charge in [-0.25, -0.2) is 8.42 Å². The molecule has 0 radical (unpaired) electrons. The summed E-state index contributed by atoms with van der Waals surface area (Å²) in [5.41, 5.74) is 0.772. The Labute approximate surface area is 119 Å². The van der Waals surface area contributed by atoms with E-state index < -0.39 is 22.0 Å². The van der Waals surface area contributed by atoms with Crippen LogP contribution >= 0.6 is 0 Å². The molecule has 1 aromatic rings. The van der Waals surface area contributed by atoms with Crippen LogP contribution in [0, 0.1) is 0 Å². The van der Waals surface area contributed by atoms with Crippen LogP contribution < -0.4 is 0 Å². The molecule has 0 aliphatic rings. The van der Waals surface area contributed by atoms with E-state index in [9.17, 15) is 13.2 Å². The van der Waals surface area contributed by atoms with Crippen molar-refractivity contribution in [3.05, 3.63) is 41.3 Å². The highest BCUT2D eigenvalue weighted by atomic mass is 32.2. The van der Waals surface area contributed by atoms with Gasteiger partial charge in [0.05, 0.1) is 6.61 Å². The normalized spacial score (nSPS) is 13.6. The van der Waals surface area contributed by atoms with Gasteiger partial charge < -0.3 is 4.74 Å². The van der Waals surface area contributed by atoms with Crippen molar-refractivity contribution in [3.8, 4) is 0 Å². The zero-order valence-corrected chi connectivity index (χ0v) is 12.6. The Bertz CT molecular complexity index is 566. The predicted molar refractivity (Wildman–Crippen MR) is 78.3 cm³/mol. The van der Waals surface area contributed by atoms with Crippen LogP contribution in [0.4, 0.5) is 0 Å². The minimum Gasteiger partial charge on any atom is -0.465 e. The lowest BCUT2D eigenvalue weighted by atomic mass is 10.2. The van der Waals surface area contributed by atoms with E-state index in [0.29, 0.717) is 0 Å². The first-order valence-corrected chi connectivity index (χ1v) is 7.76. The minimum absolute atomic E-state index is 0.219. The van der Waals surface area contributed by atoms with Crippen molar-refractivity contribution in [2.24, 2.45) is 0 Å². The number of ether oxygens (including phenoxy) is 1. The molecule has 0 N–H and O–H groups in total. The molecule has 0 aliphatic heterocycles. The molecule has 0 amide bonds. The first-order chi connectivity index (χ1) is 9.38. The SMILES string of the molecule is CCOC(=O)C(C)N(C)S(=O)(=O)/C=C/c1ccccc1. The second-order valence-electron chi connectivity index (χ2n) is 4.20. The third-order valence-electron chi connectivity index (χ3n) is 2.81. The molecule has 0 spiro atoms. The van der Waals surface area contributed by atoms with Gasteiger partial charge in [0.1, 0.15) is 6.04 Å². The summed E-state index contributed by atoms with van der Waals surface area (Å²) in [5, 5.41) is 1.08. The lowest BCUT2D eigenvalue weighted by molar-refractivity contribution is -0.146. The molecule has 0 heterocycles. The second kappa shape index (κ2) is 7.21. The Morgan fingerprint density at radius 2 is 1.95 bits per heavy atom. The summed E-state index contributed by atoms with van der Waals surface area (Å²) in [5.74, 6) is -0.563. The number of hydrogen-bond acceptors (Lipinski definition) is 4. The first-order valence-electron chi connectivity index (χ1n) is 6.26. The molecule has 0 aromatic heterocycles. The van der Waals surface area contributed by atoms with E-state index in [1.165, 1.54) is 20.0 Å². The molecular formula is C14H19NO4S. The summed E-state index contributed by atoms with van der Waals surface area (Å²) in [7, 11) is -2.32. The maximum absolute atomic E-state index is 12.1. The number of sulfonamides is 1. The molecule has 0 aliphatic carbocycles. The number of hydrogen-bond donors (Lipinski definition) is 0. The van der Waals surface area contributed by atoms with E-state index in [1.807, 2.05) is 18.2 Å². The van der Waals surface area contributed by atoms with Crippen molar-refractivity contribution in [2.45, 2.75) is 19.9 Å². The Kier molecular flexibility index (Phi) is 5.91. The Balaban J connectivity index is 2.83.